The summed E-state index contributed by atoms with van der Waals surface area (Å²) in [6.07, 6.45) is -0.660. The zero-order valence-corrected chi connectivity index (χ0v) is 17.5. The normalized spacial score (nSPS) is 10.7. The van der Waals surface area contributed by atoms with E-state index in [1.807, 2.05) is 0 Å². The first kappa shape index (κ1) is 25.3. The number of carbonyl (C=O) groups is 5. The number of hydrogen-bond donors (Lipinski definition) is 1. The average Bonchev–Trinajstić information content (AvgIpc) is 2.52. The van der Waals surface area contributed by atoms with E-state index in [4.69, 9.17) is 4.74 Å². The van der Waals surface area contributed by atoms with Gasteiger partial charge in [-0.2, -0.15) is 0 Å². The van der Waals surface area contributed by atoms with E-state index in [1.54, 1.807) is 20.8 Å². The molecule has 11 nitrogen and oxygen atoms in total. The van der Waals surface area contributed by atoms with Gasteiger partial charge in [-0.1, -0.05) is 0 Å². The van der Waals surface area contributed by atoms with Gasteiger partial charge in [0.25, 0.3) is 0 Å². The Hall–Kier alpha value is -2.69. The van der Waals surface area contributed by atoms with Gasteiger partial charge >= 0.3 is 18.0 Å². The molecule has 0 bridgehead atoms. The molecule has 11 heteroatoms. The molecule has 0 radical (unpaired) electrons. The van der Waals surface area contributed by atoms with Crippen molar-refractivity contribution in [2.75, 3.05) is 54.4 Å². The highest BCUT2D eigenvalue weighted by atomic mass is 16.6. The van der Waals surface area contributed by atoms with E-state index >= 15 is 0 Å². The Bertz CT molecular complexity index is 601. The molecule has 0 unspecified atom stereocenters. The van der Waals surface area contributed by atoms with Gasteiger partial charge in [0.15, 0.2) is 0 Å². The van der Waals surface area contributed by atoms with Crippen LogP contribution >= 0.6 is 0 Å². The molecule has 0 rings (SSSR count). The first-order valence-electron chi connectivity index (χ1n) is 8.57. The standard InChI is InChI=1S/C17H30N4O7/c1-17(2,3)28-16(26)21(7)10-13(23)19(5)9-12(22)20(6)11-15(25)27-14(24)8-18-4/h18H,8-11H2,1-7H3. The molecule has 0 aromatic heterocycles. The molecule has 0 spiro atoms. The Morgan fingerprint density at radius 1 is 0.786 bits per heavy atom. The summed E-state index contributed by atoms with van der Waals surface area (Å²) in [7, 11) is 5.67. The monoisotopic (exact) mass is 402 g/mol. The third kappa shape index (κ3) is 10.5. The van der Waals surface area contributed by atoms with Gasteiger partial charge in [-0.3, -0.25) is 14.4 Å². The molecule has 1 N–H and O–H groups in total. The lowest BCUT2D eigenvalue weighted by molar-refractivity contribution is -0.161. The van der Waals surface area contributed by atoms with Crippen LogP contribution in [0, 0.1) is 0 Å². The van der Waals surface area contributed by atoms with Crippen LogP contribution in [0.25, 0.3) is 0 Å². The van der Waals surface area contributed by atoms with Gasteiger partial charge in [-0.05, 0) is 27.8 Å². The van der Waals surface area contributed by atoms with Crippen LogP contribution in [-0.4, -0.2) is 105 Å². The largest absolute Gasteiger partial charge is 0.444 e. The number of nitrogens with zero attached hydrogens (tertiary/aromatic N) is 3. The van der Waals surface area contributed by atoms with E-state index in [0.717, 1.165) is 14.7 Å². The van der Waals surface area contributed by atoms with Crippen LogP contribution in [0.15, 0.2) is 0 Å². The lowest BCUT2D eigenvalue weighted by Crippen LogP contribution is -2.46. The van der Waals surface area contributed by atoms with Crippen LogP contribution in [0.3, 0.4) is 0 Å². The number of carbonyl (C=O) groups excluding carboxylic acids is 5. The molecule has 0 aliphatic carbocycles. The van der Waals surface area contributed by atoms with E-state index in [0.29, 0.717) is 0 Å². The molecule has 3 amide bonds. The van der Waals surface area contributed by atoms with Crippen LogP contribution in [0.5, 0.6) is 0 Å². The Morgan fingerprint density at radius 2 is 1.25 bits per heavy atom. The third-order valence-electron chi connectivity index (χ3n) is 3.22. The van der Waals surface area contributed by atoms with E-state index in [9.17, 15) is 24.0 Å². The SMILES string of the molecule is CNCC(=O)OC(=O)CN(C)C(=O)CN(C)C(=O)CN(C)C(=O)OC(C)(C)C. The average molecular weight is 402 g/mol. The molecule has 0 saturated carbocycles. The molecule has 160 valence electrons. The number of ether oxygens (including phenoxy) is 2. The van der Waals surface area contributed by atoms with Crippen molar-refractivity contribution in [2.45, 2.75) is 26.4 Å². The zero-order chi connectivity index (χ0) is 22.1. The van der Waals surface area contributed by atoms with Gasteiger partial charge in [0.1, 0.15) is 18.7 Å². The first-order valence-corrected chi connectivity index (χ1v) is 8.57. The van der Waals surface area contributed by atoms with E-state index in [2.05, 4.69) is 10.1 Å². The van der Waals surface area contributed by atoms with E-state index in [-0.39, 0.29) is 19.6 Å². The number of hydrogen-bond acceptors (Lipinski definition) is 8. The lowest BCUT2D eigenvalue weighted by atomic mass is 10.2. The van der Waals surface area contributed by atoms with Crippen LogP contribution < -0.4 is 5.32 Å². The molecular formula is C17H30N4O7. The quantitative estimate of drug-likeness (QED) is 0.407. The van der Waals surface area contributed by atoms with Crippen molar-refractivity contribution in [3.8, 4) is 0 Å². The topological polar surface area (TPSA) is 126 Å². The molecule has 0 heterocycles. The van der Waals surface area contributed by atoms with Gasteiger partial charge in [0.2, 0.25) is 11.8 Å². The fraction of sp³-hybridized carbons (Fsp3) is 0.706. The molecule has 0 aromatic rings. The molecule has 0 aliphatic rings. The maximum absolute atomic E-state index is 12.2. The summed E-state index contributed by atoms with van der Waals surface area (Å²) in [5.41, 5.74) is -0.692. The summed E-state index contributed by atoms with van der Waals surface area (Å²) in [5.74, 6) is -2.66. The van der Waals surface area contributed by atoms with Crippen molar-refractivity contribution >= 4 is 29.8 Å². The highest BCUT2D eigenvalue weighted by molar-refractivity contribution is 5.91. The van der Waals surface area contributed by atoms with Crippen molar-refractivity contribution in [1.29, 1.82) is 0 Å². The van der Waals surface area contributed by atoms with Gasteiger partial charge in [-0.15, -0.1) is 0 Å². The van der Waals surface area contributed by atoms with Crippen LogP contribution in [0.2, 0.25) is 0 Å². The fourth-order valence-electron chi connectivity index (χ4n) is 1.76. The van der Waals surface area contributed by atoms with E-state index < -0.39 is 42.0 Å². The van der Waals surface area contributed by atoms with E-state index in [1.165, 1.54) is 28.2 Å². The van der Waals surface area contributed by atoms with Gasteiger partial charge < -0.3 is 29.5 Å². The first-order chi connectivity index (χ1) is 12.8. The molecule has 0 fully saturated rings. The van der Waals surface area contributed by atoms with Gasteiger partial charge in [-0.25, -0.2) is 9.59 Å². The number of esters is 2. The second-order valence-electron chi connectivity index (χ2n) is 7.21. The predicted octanol–water partition coefficient (Wildman–Crippen LogP) is -0.941. The Morgan fingerprint density at radius 3 is 1.71 bits per heavy atom. The number of amides is 3. The second-order valence-corrected chi connectivity index (χ2v) is 7.21. The third-order valence-corrected chi connectivity index (χ3v) is 3.22. The van der Waals surface area contributed by atoms with Gasteiger partial charge in [0, 0.05) is 21.1 Å². The number of nitrogens with one attached hydrogen (secondary N) is 1. The Labute approximate surface area is 164 Å². The minimum atomic E-state index is -0.880. The van der Waals surface area contributed by atoms with Crippen molar-refractivity contribution in [3.05, 3.63) is 0 Å². The molecular weight excluding hydrogens is 372 g/mol. The number of rotatable bonds is 8. The Balaban J connectivity index is 4.51. The summed E-state index contributed by atoms with van der Waals surface area (Å²) < 4.78 is 9.66. The smallest absolute Gasteiger partial charge is 0.410 e. The summed E-state index contributed by atoms with van der Waals surface area (Å²) in [4.78, 5) is 62.3. The zero-order valence-electron chi connectivity index (χ0n) is 17.5. The summed E-state index contributed by atoms with van der Waals surface area (Å²) in [6, 6.07) is 0. The summed E-state index contributed by atoms with van der Waals surface area (Å²) >= 11 is 0. The van der Waals surface area contributed by atoms with Crippen molar-refractivity contribution in [2.24, 2.45) is 0 Å². The summed E-state index contributed by atoms with van der Waals surface area (Å²) in [6.45, 7) is 3.97. The fourth-order valence-corrected chi connectivity index (χ4v) is 1.76. The minimum Gasteiger partial charge on any atom is -0.444 e. The lowest BCUT2D eigenvalue weighted by Gasteiger charge is -2.26. The Kier molecular flexibility index (Phi) is 10.1. The van der Waals surface area contributed by atoms with Gasteiger partial charge in [0.05, 0.1) is 13.1 Å². The van der Waals surface area contributed by atoms with Crippen LogP contribution in [0.1, 0.15) is 20.8 Å². The van der Waals surface area contributed by atoms with Crippen molar-refractivity contribution in [3.63, 3.8) is 0 Å². The van der Waals surface area contributed by atoms with Crippen molar-refractivity contribution in [1.82, 2.24) is 20.0 Å². The summed E-state index contributed by atoms with van der Waals surface area (Å²) in [5, 5.41) is 2.53. The van der Waals surface area contributed by atoms with Crippen LogP contribution in [-0.2, 0) is 28.7 Å². The molecule has 0 atom stereocenters. The maximum atomic E-state index is 12.2. The predicted molar refractivity (Wildman–Crippen MR) is 99.2 cm³/mol. The molecule has 28 heavy (non-hydrogen) atoms. The van der Waals surface area contributed by atoms with Crippen molar-refractivity contribution < 1.29 is 33.4 Å². The molecule has 0 aromatic carbocycles. The maximum Gasteiger partial charge on any atom is 0.410 e. The highest BCUT2D eigenvalue weighted by Gasteiger charge is 2.24. The van der Waals surface area contributed by atoms with Crippen LogP contribution in [0.4, 0.5) is 4.79 Å². The highest BCUT2D eigenvalue weighted by Crippen LogP contribution is 2.09. The second kappa shape index (κ2) is 11.2. The number of likely N-dealkylation sites (N-methyl/N-ethyl adjacent to an activating group) is 4. The minimum absolute atomic E-state index is 0.133. The molecule has 0 saturated heterocycles. The molecule has 0 aliphatic heterocycles.